The molecule has 0 spiro atoms. The Hall–Kier alpha value is -3.35. The fourth-order valence-electron chi connectivity index (χ4n) is 4.26. The van der Waals surface area contributed by atoms with Crippen molar-refractivity contribution in [3.05, 3.63) is 78.4 Å². The minimum atomic E-state index is -0.716. The first-order chi connectivity index (χ1) is 15.1. The van der Waals surface area contributed by atoms with Crippen LogP contribution in [-0.4, -0.2) is 40.4 Å². The molecule has 7 heteroatoms. The highest BCUT2D eigenvalue weighted by molar-refractivity contribution is 6.33. The van der Waals surface area contributed by atoms with Crippen LogP contribution < -0.4 is 10.2 Å². The molecular formula is C24H20ClN3O3. The lowest BCUT2D eigenvalue weighted by Crippen LogP contribution is -2.62. The number of halogens is 1. The predicted molar refractivity (Wildman–Crippen MR) is 120 cm³/mol. The molecule has 2 heterocycles. The number of amides is 1. The molecule has 0 aliphatic carbocycles. The minimum Gasteiger partial charge on any atom is -0.496 e. The fraction of sp³-hybridized carbons (Fsp3) is 0.167. The van der Waals surface area contributed by atoms with Crippen molar-refractivity contribution >= 4 is 45.2 Å². The second-order valence-corrected chi connectivity index (χ2v) is 7.87. The molecule has 1 amide bonds. The van der Waals surface area contributed by atoms with Crippen molar-refractivity contribution in [2.24, 2.45) is 0 Å². The molecule has 156 valence electrons. The maximum absolute atomic E-state index is 13.2. The Kier molecular flexibility index (Phi) is 4.88. The zero-order valence-electron chi connectivity index (χ0n) is 16.8. The van der Waals surface area contributed by atoms with E-state index in [0.29, 0.717) is 5.75 Å². The Balaban J connectivity index is 1.43. The molecule has 2 unspecified atom stereocenters. The van der Waals surface area contributed by atoms with Gasteiger partial charge in [-0.25, -0.2) is 5.43 Å². The largest absolute Gasteiger partial charge is 0.496 e. The van der Waals surface area contributed by atoms with Gasteiger partial charge in [-0.1, -0.05) is 54.6 Å². The van der Waals surface area contributed by atoms with Gasteiger partial charge in [0.05, 0.1) is 24.7 Å². The SMILES string of the molecule is COc1ccccc1C1C(Cl)C(=O)N1NCC(=O)n1c2ccccc2c2ccccc21. The Labute approximate surface area is 183 Å². The third kappa shape index (κ3) is 3.07. The van der Waals surface area contributed by atoms with Gasteiger partial charge in [-0.3, -0.25) is 19.2 Å². The number of hydrogen-bond donors (Lipinski definition) is 1. The van der Waals surface area contributed by atoms with E-state index in [0.717, 1.165) is 27.4 Å². The molecule has 1 saturated heterocycles. The van der Waals surface area contributed by atoms with Gasteiger partial charge in [0.15, 0.2) is 0 Å². The van der Waals surface area contributed by atoms with E-state index in [1.165, 1.54) is 5.01 Å². The quantitative estimate of drug-likeness (QED) is 0.379. The first kappa shape index (κ1) is 19.6. The van der Waals surface area contributed by atoms with Crippen molar-refractivity contribution in [3.63, 3.8) is 0 Å². The average Bonchev–Trinajstić information content (AvgIpc) is 3.15. The molecule has 1 N–H and O–H groups in total. The van der Waals surface area contributed by atoms with Crippen LogP contribution in [0, 0.1) is 0 Å². The van der Waals surface area contributed by atoms with Crippen molar-refractivity contribution in [2.75, 3.05) is 13.7 Å². The number of methoxy groups -OCH3 is 1. The lowest BCUT2D eigenvalue weighted by atomic mass is 9.94. The first-order valence-corrected chi connectivity index (χ1v) is 10.4. The Bertz CT molecular complexity index is 1260. The summed E-state index contributed by atoms with van der Waals surface area (Å²) >= 11 is 6.32. The van der Waals surface area contributed by atoms with Gasteiger partial charge < -0.3 is 4.74 Å². The lowest BCUT2D eigenvalue weighted by Gasteiger charge is -2.44. The number of hydrogen-bond acceptors (Lipinski definition) is 4. The smallest absolute Gasteiger partial charge is 0.257 e. The standard InChI is InChI=1S/C24H20ClN3O3/c1-31-20-13-7-4-10-17(20)23-22(25)24(30)28(23)26-14-21(29)27-18-11-5-2-8-15(18)16-9-3-6-12-19(16)27/h2-13,22-23,26H,14H2,1H3. The number of hydrazine groups is 1. The lowest BCUT2D eigenvalue weighted by molar-refractivity contribution is -0.150. The van der Waals surface area contributed by atoms with E-state index in [1.54, 1.807) is 11.7 Å². The summed E-state index contributed by atoms with van der Waals surface area (Å²) in [6.45, 7) is -0.0519. The van der Waals surface area contributed by atoms with Gasteiger partial charge in [0.25, 0.3) is 5.91 Å². The molecule has 1 aliphatic heterocycles. The number of benzene rings is 3. The molecular weight excluding hydrogens is 414 g/mol. The Morgan fingerprint density at radius 2 is 1.55 bits per heavy atom. The molecule has 0 saturated carbocycles. The summed E-state index contributed by atoms with van der Waals surface area (Å²) in [7, 11) is 1.58. The van der Waals surface area contributed by atoms with E-state index in [2.05, 4.69) is 5.43 Å². The number of nitrogens with zero attached hydrogens (tertiary/aromatic N) is 2. The predicted octanol–water partition coefficient (Wildman–Crippen LogP) is 4.14. The molecule has 6 nitrogen and oxygen atoms in total. The van der Waals surface area contributed by atoms with Crippen LogP contribution in [0.25, 0.3) is 21.8 Å². The second-order valence-electron chi connectivity index (χ2n) is 7.40. The van der Waals surface area contributed by atoms with Crippen LogP contribution in [0.5, 0.6) is 5.75 Å². The van der Waals surface area contributed by atoms with E-state index in [9.17, 15) is 9.59 Å². The van der Waals surface area contributed by atoms with Crippen LogP contribution in [0.4, 0.5) is 0 Å². The number of alkyl halides is 1. The number of para-hydroxylation sites is 3. The van der Waals surface area contributed by atoms with Gasteiger partial charge >= 0.3 is 0 Å². The first-order valence-electron chi connectivity index (χ1n) is 9.96. The average molecular weight is 434 g/mol. The monoisotopic (exact) mass is 433 g/mol. The summed E-state index contributed by atoms with van der Waals surface area (Å²) < 4.78 is 7.11. The maximum Gasteiger partial charge on any atom is 0.257 e. The number of nitrogens with one attached hydrogen (secondary N) is 1. The molecule has 2 atom stereocenters. The molecule has 5 rings (SSSR count). The van der Waals surface area contributed by atoms with Crippen LogP contribution in [0.2, 0.25) is 0 Å². The zero-order valence-corrected chi connectivity index (χ0v) is 17.5. The molecule has 0 radical (unpaired) electrons. The van der Waals surface area contributed by atoms with Crippen LogP contribution in [0.3, 0.4) is 0 Å². The van der Waals surface area contributed by atoms with Crippen molar-refractivity contribution < 1.29 is 14.3 Å². The minimum absolute atomic E-state index is 0.0519. The number of carbonyl (C=O) groups excluding carboxylic acids is 2. The number of carbonyl (C=O) groups is 2. The number of fused-ring (bicyclic) bond motifs is 3. The highest BCUT2D eigenvalue weighted by atomic mass is 35.5. The molecule has 4 aromatic rings. The van der Waals surface area contributed by atoms with E-state index in [1.807, 2.05) is 72.8 Å². The normalized spacial score (nSPS) is 18.4. The summed E-state index contributed by atoms with van der Waals surface area (Å²) in [5, 5.41) is 2.73. The number of aromatic nitrogens is 1. The molecule has 3 aromatic carbocycles. The van der Waals surface area contributed by atoms with Gasteiger partial charge in [-0.15, -0.1) is 11.6 Å². The van der Waals surface area contributed by atoms with Gasteiger partial charge in [0.1, 0.15) is 17.2 Å². The molecule has 1 aliphatic rings. The molecule has 1 aromatic heterocycles. The summed E-state index contributed by atoms with van der Waals surface area (Å²) in [5.74, 6) is 0.209. The third-order valence-corrected chi connectivity index (χ3v) is 6.14. The summed E-state index contributed by atoms with van der Waals surface area (Å²) in [6.07, 6.45) is 0. The van der Waals surface area contributed by atoms with Crippen molar-refractivity contribution in [2.45, 2.75) is 11.4 Å². The van der Waals surface area contributed by atoms with E-state index in [-0.39, 0.29) is 18.4 Å². The van der Waals surface area contributed by atoms with Gasteiger partial charge in [-0.05, 0) is 18.2 Å². The number of rotatable bonds is 5. The Morgan fingerprint density at radius 1 is 0.968 bits per heavy atom. The molecule has 0 bridgehead atoms. The van der Waals surface area contributed by atoms with Crippen molar-refractivity contribution in [1.29, 1.82) is 0 Å². The van der Waals surface area contributed by atoms with Crippen molar-refractivity contribution in [3.8, 4) is 5.75 Å². The highest BCUT2D eigenvalue weighted by Gasteiger charge is 2.48. The van der Waals surface area contributed by atoms with Crippen LogP contribution in [-0.2, 0) is 4.79 Å². The third-order valence-electron chi connectivity index (χ3n) is 5.72. The molecule has 31 heavy (non-hydrogen) atoms. The van der Waals surface area contributed by atoms with E-state index >= 15 is 0 Å². The topological polar surface area (TPSA) is 63.6 Å². The van der Waals surface area contributed by atoms with Gasteiger partial charge in [0, 0.05) is 16.3 Å². The van der Waals surface area contributed by atoms with Crippen LogP contribution in [0.1, 0.15) is 16.4 Å². The van der Waals surface area contributed by atoms with Crippen LogP contribution in [0.15, 0.2) is 72.8 Å². The summed E-state index contributed by atoms with van der Waals surface area (Å²) in [5.41, 5.74) is 5.45. The number of ether oxygens (including phenoxy) is 1. The molecule has 1 fully saturated rings. The summed E-state index contributed by atoms with van der Waals surface area (Å²) in [6, 6.07) is 22.6. The second kappa shape index (κ2) is 7.72. The van der Waals surface area contributed by atoms with Crippen LogP contribution >= 0.6 is 11.6 Å². The van der Waals surface area contributed by atoms with Crippen molar-refractivity contribution in [1.82, 2.24) is 15.0 Å². The highest BCUT2D eigenvalue weighted by Crippen LogP contribution is 2.41. The maximum atomic E-state index is 13.2. The Morgan fingerprint density at radius 3 is 2.19 bits per heavy atom. The van der Waals surface area contributed by atoms with E-state index in [4.69, 9.17) is 16.3 Å². The number of β-lactam (4-membered cyclic amide) rings is 1. The van der Waals surface area contributed by atoms with Gasteiger partial charge in [0.2, 0.25) is 5.91 Å². The van der Waals surface area contributed by atoms with E-state index < -0.39 is 11.4 Å². The van der Waals surface area contributed by atoms with Gasteiger partial charge in [-0.2, -0.15) is 0 Å². The zero-order chi connectivity index (χ0) is 21.5. The summed E-state index contributed by atoms with van der Waals surface area (Å²) in [4.78, 5) is 25.7. The fourth-order valence-corrected chi connectivity index (χ4v) is 4.61.